The number of halogens is 1. The summed E-state index contributed by atoms with van der Waals surface area (Å²) in [7, 11) is 1.67. The highest BCUT2D eigenvalue weighted by atomic mass is 127. The van der Waals surface area contributed by atoms with Gasteiger partial charge in [-0.1, -0.05) is 48.5 Å². The van der Waals surface area contributed by atoms with Crippen LogP contribution in [0.3, 0.4) is 0 Å². The molecule has 0 spiro atoms. The van der Waals surface area contributed by atoms with Crippen molar-refractivity contribution >= 4 is 29.9 Å². The molecule has 0 aromatic heterocycles. The second-order valence-electron chi connectivity index (χ2n) is 6.36. The van der Waals surface area contributed by atoms with Crippen LogP contribution in [0.1, 0.15) is 13.3 Å². The van der Waals surface area contributed by atoms with Crippen LogP contribution < -0.4 is 15.4 Å². The third kappa shape index (κ3) is 10.3. The van der Waals surface area contributed by atoms with Gasteiger partial charge in [-0.2, -0.15) is 0 Å². The largest absolute Gasteiger partial charge is 0.491 e. The molecular formula is C23H34IN3O3. The zero-order valence-electron chi connectivity index (χ0n) is 17.9. The monoisotopic (exact) mass is 527 g/mol. The van der Waals surface area contributed by atoms with E-state index in [1.165, 1.54) is 0 Å². The first kappa shape index (κ1) is 26.2. The number of methoxy groups -OCH3 is 1. The van der Waals surface area contributed by atoms with Crippen molar-refractivity contribution in [3.05, 3.63) is 54.6 Å². The van der Waals surface area contributed by atoms with E-state index in [-0.39, 0.29) is 24.0 Å². The fourth-order valence-corrected chi connectivity index (χ4v) is 2.72. The van der Waals surface area contributed by atoms with Crippen molar-refractivity contribution < 1.29 is 14.2 Å². The molecule has 0 bridgehead atoms. The summed E-state index contributed by atoms with van der Waals surface area (Å²) in [5.74, 6) is 1.68. The lowest BCUT2D eigenvalue weighted by Crippen LogP contribution is -2.39. The smallest absolute Gasteiger partial charge is 0.191 e. The highest BCUT2D eigenvalue weighted by Gasteiger charge is 2.05. The van der Waals surface area contributed by atoms with Gasteiger partial charge in [-0.15, -0.1) is 24.0 Å². The number of hydrogen-bond donors (Lipinski definition) is 2. The number of guanidine groups is 1. The van der Waals surface area contributed by atoms with Gasteiger partial charge in [0.05, 0.1) is 19.8 Å². The summed E-state index contributed by atoms with van der Waals surface area (Å²) in [5.41, 5.74) is 2.25. The molecule has 166 valence electrons. The number of nitrogens with zero attached hydrogens (tertiary/aromatic N) is 1. The van der Waals surface area contributed by atoms with Crippen LogP contribution in [-0.4, -0.2) is 59.1 Å². The van der Waals surface area contributed by atoms with Gasteiger partial charge in [0.1, 0.15) is 12.4 Å². The van der Waals surface area contributed by atoms with E-state index in [1.807, 2.05) is 36.4 Å². The molecule has 0 aliphatic rings. The first-order valence-corrected chi connectivity index (χ1v) is 10.2. The molecule has 0 heterocycles. The Bertz CT molecular complexity index is 714. The molecule has 6 nitrogen and oxygen atoms in total. The Balaban J connectivity index is 0.00000450. The van der Waals surface area contributed by atoms with Gasteiger partial charge >= 0.3 is 0 Å². The molecule has 0 fully saturated rings. The molecule has 0 aliphatic carbocycles. The molecule has 0 radical (unpaired) electrons. The van der Waals surface area contributed by atoms with Crippen molar-refractivity contribution in [1.29, 1.82) is 0 Å². The molecule has 0 aliphatic heterocycles. The summed E-state index contributed by atoms with van der Waals surface area (Å²) in [6, 6.07) is 18.4. The van der Waals surface area contributed by atoms with Crippen LogP contribution in [0.15, 0.2) is 59.6 Å². The minimum absolute atomic E-state index is 0. The van der Waals surface area contributed by atoms with Gasteiger partial charge in [-0.05, 0) is 25.0 Å². The number of benzene rings is 2. The van der Waals surface area contributed by atoms with Crippen LogP contribution in [0.5, 0.6) is 5.75 Å². The Hall–Kier alpha value is -1.84. The van der Waals surface area contributed by atoms with Gasteiger partial charge < -0.3 is 24.8 Å². The lowest BCUT2D eigenvalue weighted by atomic mass is 10.1. The zero-order valence-corrected chi connectivity index (χ0v) is 20.3. The molecular weight excluding hydrogens is 493 g/mol. The van der Waals surface area contributed by atoms with E-state index >= 15 is 0 Å². The van der Waals surface area contributed by atoms with Gasteiger partial charge in [-0.25, -0.2) is 0 Å². The molecule has 7 heteroatoms. The maximum absolute atomic E-state index is 6.02. The second-order valence-corrected chi connectivity index (χ2v) is 6.36. The summed E-state index contributed by atoms with van der Waals surface area (Å²) >= 11 is 0. The quantitative estimate of drug-likeness (QED) is 0.179. The molecule has 2 rings (SSSR count). The van der Waals surface area contributed by atoms with Crippen molar-refractivity contribution in [2.24, 2.45) is 4.99 Å². The molecule has 2 aromatic carbocycles. The fourth-order valence-electron chi connectivity index (χ4n) is 2.72. The zero-order chi connectivity index (χ0) is 20.6. The van der Waals surface area contributed by atoms with Gasteiger partial charge in [0.15, 0.2) is 5.96 Å². The first-order valence-electron chi connectivity index (χ1n) is 10.2. The molecule has 0 saturated carbocycles. The maximum Gasteiger partial charge on any atom is 0.191 e. The van der Waals surface area contributed by atoms with E-state index in [0.717, 1.165) is 35.8 Å². The number of para-hydroxylation sites is 1. The number of ether oxygens (including phenoxy) is 3. The lowest BCUT2D eigenvalue weighted by molar-refractivity contribution is 0.0702. The summed E-state index contributed by atoms with van der Waals surface area (Å²) in [4.78, 5) is 4.57. The molecule has 2 aromatic rings. The molecule has 0 amide bonds. The number of nitrogens with one attached hydrogen (secondary N) is 2. The van der Waals surface area contributed by atoms with E-state index in [9.17, 15) is 0 Å². The van der Waals surface area contributed by atoms with E-state index < -0.39 is 0 Å². The SMILES string of the molecule is CCNC(=NCCCOCCOC)NCCOc1ccccc1-c1ccccc1.I. The predicted molar refractivity (Wildman–Crippen MR) is 134 cm³/mol. The highest BCUT2D eigenvalue weighted by Crippen LogP contribution is 2.29. The van der Waals surface area contributed by atoms with E-state index in [4.69, 9.17) is 14.2 Å². The Morgan fingerprint density at radius 2 is 1.67 bits per heavy atom. The van der Waals surface area contributed by atoms with Crippen molar-refractivity contribution in [1.82, 2.24) is 10.6 Å². The number of aliphatic imine (C=N–C) groups is 1. The standard InChI is InChI=1S/C23H33N3O3.HI/c1-3-24-23(25-14-9-16-28-19-18-27-2)26-15-17-29-22-13-8-7-12-21(22)20-10-5-4-6-11-20;/h4-8,10-13H,3,9,14-19H2,1-2H3,(H2,24,25,26);1H. The van der Waals surface area contributed by atoms with Crippen molar-refractivity contribution in [3.63, 3.8) is 0 Å². The van der Waals surface area contributed by atoms with Crippen molar-refractivity contribution in [2.75, 3.05) is 53.2 Å². The predicted octanol–water partition coefficient (Wildman–Crippen LogP) is 3.96. The maximum atomic E-state index is 6.02. The average molecular weight is 527 g/mol. The normalized spacial score (nSPS) is 10.9. The third-order valence-electron chi connectivity index (χ3n) is 4.12. The van der Waals surface area contributed by atoms with Gasteiger partial charge in [0.25, 0.3) is 0 Å². The van der Waals surface area contributed by atoms with Gasteiger partial charge in [0.2, 0.25) is 0 Å². The Morgan fingerprint density at radius 3 is 2.43 bits per heavy atom. The Morgan fingerprint density at radius 1 is 0.900 bits per heavy atom. The summed E-state index contributed by atoms with van der Waals surface area (Å²) in [6.07, 6.45) is 0.876. The van der Waals surface area contributed by atoms with Crippen LogP contribution in [0.4, 0.5) is 0 Å². The summed E-state index contributed by atoms with van der Waals surface area (Å²) < 4.78 is 16.4. The van der Waals surface area contributed by atoms with E-state index in [0.29, 0.717) is 39.5 Å². The van der Waals surface area contributed by atoms with E-state index in [1.54, 1.807) is 7.11 Å². The summed E-state index contributed by atoms with van der Waals surface area (Å²) in [5, 5.41) is 6.57. The van der Waals surface area contributed by atoms with Crippen LogP contribution >= 0.6 is 24.0 Å². The third-order valence-corrected chi connectivity index (χ3v) is 4.12. The molecule has 0 saturated heterocycles. The fraction of sp³-hybridized carbons (Fsp3) is 0.435. The average Bonchev–Trinajstić information content (AvgIpc) is 2.77. The van der Waals surface area contributed by atoms with Crippen LogP contribution in [0, 0.1) is 0 Å². The van der Waals surface area contributed by atoms with Crippen LogP contribution in [-0.2, 0) is 9.47 Å². The topological polar surface area (TPSA) is 64.1 Å². The lowest BCUT2D eigenvalue weighted by Gasteiger charge is -2.14. The van der Waals surface area contributed by atoms with Crippen LogP contribution in [0.2, 0.25) is 0 Å². The highest BCUT2D eigenvalue weighted by molar-refractivity contribution is 14.0. The summed E-state index contributed by atoms with van der Waals surface area (Å²) in [6.45, 7) is 6.73. The molecule has 2 N–H and O–H groups in total. The molecule has 0 atom stereocenters. The Labute approximate surface area is 197 Å². The first-order chi connectivity index (χ1) is 14.3. The number of hydrogen-bond acceptors (Lipinski definition) is 4. The molecule has 0 unspecified atom stereocenters. The van der Waals surface area contributed by atoms with Gasteiger partial charge in [0, 0.05) is 32.4 Å². The minimum Gasteiger partial charge on any atom is -0.491 e. The van der Waals surface area contributed by atoms with E-state index in [2.05, 4.69) is 40.7 Å². The van der Waals surface area contributed by atoms with Crippen molar-refractivity contribution in [2.45, 2.75) is 13.3 Å². The Kier molecular flexibility index (Phi) is 14.8. The molecule has 30 heavy (non-hydrogen) atoms. The van der Waals surface area contributed by atoms with Crippen LogP contribution in [0.25, 0.3) is 11.1 Å². The van der Waals surface area contributed by atoms with Crippen molar-refractivity contribution in [3.8, 4) is 16.9 Å². The minimum atomic E-state index is 0. The number of rotatable bonds is 13. The van der Waals surface area contributed by atoms with Gasteiger partial charge in [-0.3, -0.25) is 4.99 Å². The second kappa shape index (κ2) is 16.9.